The molecule has 0 spiro atoms. The van der Waals surface area contributed by atoms with Crippen molar-refractivity contribution >= 4 is 11.7 Å². The minimum atomic E-state index is -0.202. The topological polar surface area (TPSA) is 85.2 Å². The predicted molar refractivity (Wildman–Crippen MR) is 82.9 cm³/mol. The lowest BCUT2D eigenvalue weighted by molar-refractivity contribution is -0.122. The van der Waals surface area contributed by atoms with Gasteiger partial charge in [0, 0.05) is 30.9 Å². The Morgan fingerprint density at radius 1 is 1.33 bits per heavy atom. The minimum Gasteiger partial charge on any atom is -0.369 e. The second-order valence-corrected chi connectivity index (χ2v) is 6.18. The fourth-order valence-corrected chi connectivity index (χ4v) is 3.50. The first-order valence-electron chi connectivity index (χ1n) is 7.95. The van der Waals surface area contributed by atoms with Gasteiger partial charge in [-0.05, 0) is 50.2 Å². The largest absolute Gasteiger partial charge is 0.369 e. The van der Waals surface area contributed by atoms with Gasteiger partial charge in [-0.2, -0.15) is 0 Å². The number of nitrogens with zero attached hydrogens (tertiary/aromatic N) is 2. The highest BCUT2D eigenvalue weighted by Crippen LogP contribution is 2.29. The van der Waals surface area contributed by atoms with Crippen molar-refractivity contribution in [2.24, 2.45) is 17.4 Å². The van der Waals surface area contributed by atoms with E-state index in [4.69, 9.17) is 16.5 Å². The van der Waals surface area contributed by atoms with Crippen LogP contribution in [0.15, 0.2) is 6.07 Å². The first kappa shape index (κ1) is 14.3. The van der Waals surface area contributed by atoms with Crippen LogP contribution in [-0.4, -0.2) is 24.0 Å². The number of amides is 1. The number of aromatic nitrogens is 1. The third-order valence-electron chi connectivity index (χ3n) is 4.70. The van der Waals surface area contributed by atoms with Gasteiger partial charge in [-0.1, -0.05) is 0 Å². The zero-order valence-corrected chi connectivity index (χ0v) is 12.5. The number of aryl methyl sites for hydroxylation is 2. The van der Waals surface area contributed by atoms with Gasteiger partial charge >= 0.3 is 0 Å². The summed E-state index contributed by atoms with van der Waals surface area (Å²) in [5.41, 5.74) is 15.1. The molecule has 114 valence electrons. The van der Waals surface area contributed by atoms with Gasteiger partial charge in [-0.25, -0.2) is 4.98 Å². The number of hydrogen-bond donors (Lipinski definition) is 2. The van der Waals surface area contributed by atoms with Crippen molar-refractivity contribution in [2.75, 3.05) is 18.0 Å². The van der Waals surface area contributed by atoms with Crippen LogP contribution in [0.4, 0.5) is 5.82 Å². The fraction of sp³-hybridized carbons (Fsp3) is 0.625. The molecule has 1 unspecified atom stereocenters. The Kier molecular flexibility index (Phi) is 4.10. The van der Waals surface area contributed by atoms with Gasteiger partial charge in [0.25, 0.3) is 0 Å². The molecule has 1 aromatic rings. The van der Waals surface area contributed by atoms with E-state index in [2.05, 4.69) is 11.0 Å². The molecule has 1 atom stereocenters. The molecule has 3 rings (SSSR count). The summed E-state index contributed by atoms with van der Waals surface area (Å²) in [4.78, 5) is 18.6. The number of carbonyl (C=O) groups is 1. The van der Waals surface area contributed by atoms with Crippen LogP contribution in [0, 0.1) is 5.92 Å². The van der Waals surface area contributed by atoms with E-state index in [1.165, 1.54) is 24.1 Å². The normalized spacial score (nSPS) is 22.0. The molecule has 4 N–H and O–H groups in total. The van der Waals surface area contributed by atoms with E-state index < -0.39 is 0 Å². The minimum absolute atomic E-state index is 0.0674. The van der Waals surface area contributed by atoms with Gasteiger partial charge in [0.2, 0.25) is 5.91 Å². The van der Waals surface area contributed by atoms with Crippen LogP contribution in [-0.2, 0) is 24.2 Å². The lowest BCUT2D eigenvalue weighted by Crippen LogP contribution is -2.42. The number of hydrogen-bond acceptors (Lipinski definition) is 4. The highest BCUT2D eigenvalue weighted by molar-refractivity contribution is 5.77. The summed E-state index contributed by atoms with van der Waals surface area (Å²) >= 11 is 0. The van der Waals surface area contributed by atoms with Crippen LogP contribution in [0.5, 0.6) is 0 Å². The van der Waals surface area contributed by atoms with Gasteiger partial charge in [0.1, 0.15) is 5.82 Å². The van der Waals surface area contributed by atoms with E-state index in [1.54, 1.807) is 0 Å². The average molecular weight is 288 g/mol. The molecule has 1 aliphatic carbocycles. The Balaban J connectivity index is 1.91. The predicted octanol–water partition coefficient (Wildman–Crippen LogP) is 1.12. The molecule has 5 heteroatoms. The zero-order valence-electron chi connectivity index (χ0n) is 12.5. The zero-order chi connectivity index (χ0) is 14.8. The molecule has 1 aromatic heterocycles. The standard InChI is InChI=1S/C16H24N4O/c17-9-13-8-11-4-1-2-6-14(11)19-16(13)20-7-3-5-12(10-20)15(18)21/h8,12H,1-7,9-10,17H2,(H2,18,21). The number of piperidine rings is 1. The van der Waals surface area contributed by atoms with E-state index in [0.29, 0.717) is 13.1 Å². The number of carbonyl (C=O) groups excluding carboxylic acids is 1. The number of fused-ring (bicyclic) bond motifs is 1. The van der Waals surface area contributed by atoms with Crippen LogP contribution in [0.3, 0.4) is 0 Å². The van der Waals surface area contributed by atoms with Crippen molar-refractivity contribution in [1.29, 1.82) is 0 Å². The van der Waals surface area contributed by atoms with Crippen molar-refractivity contribution in [3.05, 3.63) is 22.9 Å². The molecule has 21 heavy (non-hydrogen) atoms. The van der Waals surface area contributed by atoms with Gasteiger partial charge in [0.15, 0.2) is 0 Å². The number of primary amides is 1. The molecule has 2 heterocycles. The second-order valence-electron chi connectivity index (χ2n) is 6.18. The van der Waals surface area contributed by atoms with Crippen LogP contribution in [0.25, 0.3) is 0 Å². The third-order valence-corrected chi connectivity index (χ3v) is 4.70. The molecular formula is C16H24N4O. The van der Waals surface area contributed by atoms with Gasteiger partial charge in [-0.15, -0.1) is 0 Å². The van der Waals surface area contributed by atoms with Crippen molar-refractivity contribution in [3.63, 3.8) is 0 Å². The molecule has 1 fully saturated rings. The SMILES string of the molecule is NCc1cc2c(nc1N1CCCC(C(N)=O)C1)CCCC2. The number of nitrogens with two attached hydrogens (primary N) is 2. The van der Waals surface area contributed by atoms with E-state index in [0.717, 1.165) is 43.6 Å². The Morgan fingerprint density at radius 2 is 2.14 bits per heavy atom. The first-order valence-corrected chi connectivity index (χ1v) is 7.95. The monoisotopic (exact) mass is 288 g/mol. The molecule has 0 aromatic carbocycles. The molecule has 0 radical (unpaired) electrons. The average Bonchev–Trinajstić information content (AvgIpc) is 2.53. The summed E-state index contributed by atoms with van der Waals surface area (Å²) in [5, 5.41) is 0. The van der Waals surface area contributed by atoms with E-state index in [1.807, 2.05) is 0 Å². The smallest absolute Gasteiger partial charge is 0.222 e. The van der Waals surface area contributed by atoms with Crippen molar-refractivity contribution < 1.29 is 4.79 Å². The summed E-state index contributed by atoms with van der Waals surface area (Å²) in [6.07, 6.45) is 6.49. The second kappa shape index (κ2) is 6.02. The number of pyridine rings is 1. The maximum absolute atomic E-state index is 11.5. The summed E-state index contributed by atoms with van der Waals surface area (Å²) < 4.78 is 0. The molecule has 1 amide bonds. The molecule has 1 saturated heterocycles. The van der Waals surface area contributed by atoms with Crippen LogP contribution < -0.4 is 16.4 Å². The lowest BCUT2D eigenvalue weighted by atomic mass is 9.93. The van der Waals surface area contributed by atoms with Crippen LogP contribution in [0.1, 0.15) is 42.5 Å². The van der Waals surface area contributed by atoms with E-state index >= 15 is 0 Å². The maximum Gasteiger partial charge on any atom is 0.222 e. The molecule has 0 saturated carbocycles. The van der Waals surface area contributed by atoms with Crippen molar-refractivity contribution in [2.45, 2.75) is 45.1 Å². The summed E-state index contributed by atoms with van der Waals surface area (Å²) in [7, 11) is 0. The number of rotatable bonds is 3. The lowest BCUT2D eigenvalue weighted by Gasteiger charge is -2.34. The van der Waals surface area contributed by atoms with Gasteiger partial charge in [0.05, 0.1) is 5.92 Å². The van der Waals surface area contributed by atoms with E-state index in [-0.39, 0.29) is 11.8 Å². The Labute approximate surface area is 125 Å². The molecule has 0 bridgehead atoms. The van der Waals surface area contributed by atoms with Gasteiger partial charge < -0.3 is 16.4 Å². The third kappa shape index (κ3) is 2.88. The highest BCUT2D eigenvalue weighted by Gasteiger charge is 2.27. The van der Waals surface area contributed by atoms with Crippen molar-refractivity contribution in [3.8, 4) is 0 Å². The molecule has 2 aliphatic rings. The fourth-order valence-electron chi connectivity index (χ4n) is 3.50. The number of anilines is 1. The maximum atomic E-state index is 11.5. The Bertz CT molecular complexity index is 543. The quantitative estimate of drug-likeness (QED) is 0.873. The first-order chi connectivity index (χ1) is 10.2. The van der Waals surface area contributed by atoms with Crippen molar-refractivity contribution in [1.82, 2.24) is 4.98 Å². The van der Waals surface area contributed by atoms with Crippen LogP contribution >= 0.6 is 0 Å². The summed E-state index contributed by atoms with van der Waals surface area (Å²) in [6, 6.07) is 2.23. The van der Waals surface area contributed by atoms with E-state index in [9.17, 15) is 4.79 Å². The Morgan fingerprint density at radius 3 is 2.90 bits per heavy atom. The molecular weight excluding hydrogens is 264 g/mol. The van der Waals surface area contributed by atoms with Gasteiger partial charge in [-0.3, -0.25) is 4.79 Å². The highest BCUT2D eigenvalue weighted by atomic mass is 16.1. The molecule has 1 aliphatic heterocycles. The summed E-state index contributed by atoms with van der Waals surface area (Å²) in [5.74, 6) is 0.707. The molecule has 5 nitrogen and oxygen atoms in total. The Hall–Kier alpha value is -1.62. The summed E-state index contributed by atoms with van der Waals surface area (Å²) in [6.45, 7) is 2.10. The van der Waals surface area contributed by atoms with Crippen LogP contribution in [0.2, 0.25) is 0 Å².